The Labute approximate surface area is 264 Å². The smallest absolute Gasteiger partial charge is 0.305 e. The molecule has 0 spiro atoms. The van der Waals surface area contributed by atoms with Crippen LogP contribution in [0.4, 0.5) is 0 Å². The maximum absolute atomic E-state index is 13.6. The normalized spacial score (nSPS) is 12.0. The van der Waals surface area contributed by atoms with Crippen LogP contribution in [0.2, 0.25) is 0 Å². The van der Waals surface area contributed by atoms with Crippen molar-refractivity contribution in [3.63, 3.8) is 0 Å². The number of carbonyl (C=O) groups excluding carboxylic acids is 1. The van der Waals surface area contributed by atoms with Crippen molar-refractivity contribution in [2.24, 2.45) is 0 Å². The van der Waals surface area contributed by atoms with E-state index in [1.54, 1.807) is 6.07 Å². The summed E-state index contributed by atoms with van der Waals surface area (Å²) in [5, 5.41) is 13.5. The average molecular weight is 620 g/mol. The zero-order valence-corrected chi connectivity index (χ0v) is 26.5. The van der Waals surface area contributed by atoms with E-state index < -0.39 is 0 Å². The van der Waals surface area contributed by atoms with Gasteiger partial charge in [0.15, 0.2) is 0 Å². The molecule has 1 heterocycles. The van der Waals surface area contributed by atoms with Gasteiger partial charge >= 0.3 is 4.87 Å². The molecule has 44 heavy (non-hydrogen) atoms. The second-order valence-corrected chi connectivity index (χ2v) is 11.8. The number of hydrogen-bond acceptors (Lipinski definition) is 7. The molecule has 1 aromatic heterocycles. The molecule has 4 aromatic rings. The minimum Gasteiger partial charge on any atom is -0.506 e. The van der Waals surface area contributed by atoms with Gasteiger partial charge < -0.3 is 29.8 Å². The number of hydrogen-bond donors (Lipinski definition) is 3. The number of phenols is 1. The van der Waals surface area contributed by atoms with Crippen LogP contribution >= 0.6 is 11.3 Å². The first kappa shape index (κ1) is 33.4. The number of unbranched alkanes of at least 4 members (excludes halogenated alkanes) is 1. The summed E-state index contributed by atoms with van der Waals surface area (Å²) in [6, 6.07) is 23.9. The van der Waals surface area contributed by atoms with Gasteiger partial charge in [-0.05, 0) is 61.4 Å². The number of phenolic OH excluding ortho intramolecular Hbond substituents is 1. The summed E-state index contributed by atoms with van der Waals surface area (Å²) in [6.07, 6.45) is 5.08. The van der Waals surface area contributed by atoms with E-state index >= 15 is 0 Å². The standard InChI is InChI=1S/C35H45N3O5S/c1-2-3-14-32(43-26-19-28-12-8-5-9-13-28)38(31(40)20-25-42-24-18-27-10-6-4-7-11-27)23-22-36-21-17-29-15-16-30(39)33-34(29)44-35(41)37-33/h4-13,15-16,32,36,39H,2-3,14,17-26H2,1H3,(H,37,41)/t32-/m0/s1. The summed E-state index contributed by atoms with van der Waals surface area (Å²) in [5.74, 6) is 0.114. The molecule has 8 nitrogen and oxygen atoms in total. The Bertz CT molecular complexity index is 1460. The van der Waals surface area contributed by atoms with Crippen molar-refractivity contribution in [1.29, 1.82) is 0 Å². The maximum atomic E-state index is 13.6. The van der Waals surface area contributed by atoms with E-state index in [-0.39, 0.29) is 22.8 Å². The molecule has 4 rings (SSSR count). The summed E-state index contributed by atoms with van der Waals surface area (Å²) in [4.78, 5) is 29.8. The van der Waals surface area contributed by atoms with E-state index in [1.807, 2.05) is 47.4 Å². The first-order valence-electron chi connectivity index (χ1n) is 15.7. The largest absolute Gasteiger partial charge is 0.506 e. The van der Waals surface area contributed by atoms with E-state index in [0.29, 0.717) is 57.8 Å². The van der Waals surface area contributed by atoms with Gasteiger partial charge in [0.05, 0.1) is 30.9 Å². The summed E-state index contributed by atoms with van der Waals surface area (Å²) in [6.45, 7) is 5.44. The number of aromatic amines is 1. The average Bonchev–Trinajstić information content (AvgIpc) is 3.45. The van der Waals surface area contributed by atoms with Crippen molar-refractivity contribution in [2.45, 2.75) is 58.1 Å². The van der Waals surface area contributed by atoms with E-state index in [0.717, 1.165) is 53.7 Å². The quantitative estimate of drug-likeness (QED) is 0.0869. The highest BCUT2D eigenvalue weighted by Gasteiger charge is 2.23. The number of benzene rings is 3. The lowest BCUT2D eigenvalue weighted by atomic mass is 10.1. The zero-order chi connectivity index (χ0) is 31.0. The van der Waals surface area contributed by atoms with E-state index in [9.17, 15) is 14.7 Å². The Hall–Kier alpha value is -3.50. The second kappa shape index (κ2) is 18.3. The fraction of sp³-hybridized carbons (Fsp3) is 0.429. The fourth-order valence-corrected chi connectivity index (χ4v) is 6.05. The third-order valence-corrected chi connectivity index (χ3v) is 8.55. The molecule has 3 aromatic carbocycles. The van der Waals surface area contributed by atoms with Gasteiger partial charge in [-0.25, -0.2) is 0 Å². The molecule has 0 aliphatic carbocycles. The second-order valence-electron chi connectivity index (χ2n) is 10.9. The summed E-state index contributed by atoms with van der Waals surface area (Å²) in [5.41, 5.74) is 3.92. The highest BCUT2D eigenvalue weighted by atomic mass is 32.1. The molecule has 0 fully saturated rings. The number of nitrogens with zero attached hydrogens (tertiary/aromatic N) is 1. The molecule has 236 valence electrons. The van der Waals surface area contributed by atoms with Gasteiger partial charge in [0, 0.05) is 13.1 Å². The fourth-order valence-electron chi connectivity index (χ4n) is 5.15. The van der Waals surface area contributed by atoms with Crippen molar-refractivity contribution in [3.8, 4) is 5.75 Å². The molecule has 1 atom stereocenters. The first-order chi connectivity index (χ1) is 21.5. The van der Waals surface area contributed by atoms with Crippen molar-refractivity contribution >= 4 is 27.5 Å². The summed E-state index contributed by atoms with van der Waals surface area (Å²) < 4.78 is 13.0. The number of carbonyl (C=O) groups is 1. The van der Waals surface area contributed by atoms with Crippen molar-refractivity contribution < 1.29 is 19.4 Å². The van der Waals surface area contributed by atoms with E-state index in [2.05, 4.69) is 41.5 Å². The lowest BCUT2D eigenvalue weighted by molar-refractivity contribution is -0.148. The number of aromatic hydroxyl groups is 1. The Balaban J connectivity index is 1.32. The van der Waals surface area contributed by atoms with Crippen LogP contribution in [-0.4, -0.2) is 66.6 Å². The topological polar surface area (TPSA) is 104 Å². The van der Waals surface area contributed by atoms with E-state index in [4.69, 9.17) is 9.47 Å². The molecular weight excluding hydrogens is 574 g/mol. The van der Waals surface area contributed by atoms with Gasteiger partial charge in [-0.1, -0.05) is 91.4 Å². The Morgan fingerprint density at radius 1 is 0.932 bits per heavy atom. The molecule has 0 aliphatic heterocycles. The van der Waals surface area contributed by atoms with Gasteiger partial charge in [-0.2, -0.15) is 0 Å². The molecule has 0 bridgehead atoms. The molecule has 0 unspecified atom stereocenters. The van der Waals surface area contributed by atoms with Crippen LogP contribution in [-0.2, 0) is 33.5 Å². The van der Waals surface area contributed by atoms with Crippen LogP contribution in [0.3, 0.4) is 0 Å². The third kappa shape index (κ3) is 10.6. The number of fused-ring (bicyclic) bond motifs is 1. The minimum atomic E-state index is -0.300. The third-order valence-electron chi connectivity index (χ3n) is 7.59. The van der Waals surface area contributed by atoms with Crippen LogP contribution in [0.25, 0.3) is 10.2 Å². The number of thiazole rings is 1. The van der Waals surface area contributed by atoms with E-state index in [1.165, 1.54) is 11.1 Å². The molecule has 0 saturated carbocycles. The van der Waals surface area contributed by atoms with Gasteiger partial charge in [0.1, 0.15) is 17.5 Å². The number of nitrogens with one attached hydrogen (secondary N) is 2. The monoisotopic (exact) mass is 619 g/mol. The molecule has 0 aliphatic rings. The molecule has 1 amide bonds. The SMILES string of the molecule is CCCC[C@H](OCCc1ccccc1)N(CCNCCc1ccc(O)c2[nH]c(=O)sc12)C(=O)CCOCCc1ccccc1. The summed E-state index contributed by atoms with van der Waals surface area (Å²) >= 11 is 1.11. The van der Waals surface area contributed by atoms with Crippen molar-refractivity contribution in [3.05, 3.63) is 99.2 Å². The summed E-state index contributed by atoms with van der Waals surface area (Å²) in [7, 11) is 0. The predicted octanol–water partition coefficient (Wildman–Crippen LogP) is 5.68. The molecule has 3 N–H and O–H groups in total. The first-order valence-corrected chi connectivity index (χ1v) is 16.5. The number of aromatic nitrogens is 1. The highest BCUT2D eigenvalue weighted by Crippen LogP contribution is 2.27. The van der Waals surface area contributed by atoms with Crippen LogP contribution in [0.1, 0.15) is 49.3 Å². The van der Waals surface area contributed by atoms with Crippen LogP contribution in [0.5, 0.6) is 5.75 Å². The van der Waals surface area contributed by atoms with Crippen molar-refractivity contribution in [1.82, 2.24) is 15.2 Å². The predicted molar refractivity (Wildman–Crippen MR) is 177 cm³/mol. The number of ether oxygens (including phenoxy) is 2. The molecule has 0 radical (unpaired) electrons. The van der Waals surface area contributed by atoms with Crippen LogP contribution in [0.15, 0.2) is 77.6 Å². The molecular formula is C35H45N3O5S. The van der Waals surface area contributed by atoms with Gasteiger partial charge in [0.2, 0.25) is 5.91 Å². The van der Waals surface area contributed by atoms with Gasteiger partial charge in [-0.15, -0.1) is 0 Å². The van der Waals surface area contributed by atoms with Gasteiger partial charge in [0.25, 0.3) is 0 Å². The zero-order valence-electron chi connectivity index (χ0n) is 25.6. The Kier molecular flexibility index (Phi) is 13.9. The van der Waals surface area contributed by atoms with Crippen LogP contribution in [0, 0.1) is 0 Å². The molecule has 0 saturated heterocycles. The minimum absolute atomic E-state index is 0.0321. The lowest BCUT2D eigenvalue weighted by Crippen LogP contribution is -2.46. The van der Waals surface area contributed by atoms with Crippen LogP contribution < -0.4 is 10.2 Å². The number of rotatable bonds is 20. The molecule has 9 heteroatoms. The number of amides is 1. The lowest BCUT2D eigenvalue weighted by Gasteiger charge is -2.32. The Morgan fingerprint density at radius 2 is 1.64 bits per heavy atom. The number of H-pyrrole nitrogens is 1. The van der Waals surface area contributed by atoms with Crippen molar-refractivity contribution in [2.75, 3.05) is 39.5 Å². The maximum Gasteiger partial charge on any atom is 0.305 e. The Morgan fingerprint density at radius 3 is 2.34 bits per heavy atom. The highest BCUT2D eigenvalue weighted by molar-refractivity contribution is 7.16. The van der Waals surface area contributed by atoms with Gasteiger partial charge in [-0.3, -0.25) is 9.59 Å².